The Hall–Kier alpha value is -0.160. The third-order valence-corrected chi connectivity index (χ3v) is 2.87. The lowest BCUT2D eigenvalue weighted by Gasteiger charge is -2.28. The number of morpholine rings is 1. The zero-order valence-electron chi connectivity index (χ0n) is 9.83. The Morgan fingerprint density at radius 1 is 1.60 bits per heavy atom. The summed E-state index contributed by atoms with van der Waals surface area (Å²) in [5.41, 5.74) is 0. The van der Waals surface area contributed by atoms with Crippen molar-refractivity contribution in [2.75, 3.05) is 26.4 Å². The predicted molar refractivity (Wildman–Crippen MR) is 61.0 cm³/mol. The minimum atomic E-state index is 0.218. The van der Waals surface area contributed by atoms with Crippen LogP contribution in [-0.4, -0.2) is 49.6 Å². The monoisotopic (exact) mass is 216 g/mol. The van der Waals surface area contributed by atoms with Gasteiger partial charge < -0.3 is 20.5 Å². The van der Waals surface area contributed by atoms with Crippen molar-refractivity contribution in [1.29, 1.82) is 0 Å². The SMILES string of the molecule is CCC(CO)NC(C)CC1COCCN1. The van der Waals surface area contributed by atoms with Gasteiger partial charge in [0.05, 0.1) is 19.8 Å². The quantitative estimate of drug-likeness (QED) is 0.590. The number of hydrogen-bond donors (Lipinski definition) is 3. The molecular weight excluding hydrogens is 192 g/mol. The van der Waals surface area contributed by atoms with E-state index in [1.807, 2.05) is 0 Å². The largest absolute Gasteiger partial charge is 0.395 e. The van der Waals surface area contributed by atoms with E-state index in [0.29, 0.717) is 12.1 Å². The molecule has 1 aliphatic rings. The van der Waals surface area contributed by atoms with Gasteiger partial charge in [-0.2, -0.15) is 0 Å². The lowest BCUT2D eigenvalue weighted by Crippen LogP contribution is -2.47. The average molecular weight is 216 g/mol. The summed E-state index contributed by atoms with van der Waals surface area (Å²) in [6, 6.07) is 1.10. The van der Waals surface area contributed by atoms with Crippen molar-refractivity contribution in [2.24, 2.45) is 0 Å². The summed E-state index contributed by atoms with van der Waals surface area (Å²) in [6.07, 6.45) is 2.02. The predicted octanol–water partition coefficient (Wildman–Crippen LogP) is 0.114. The van der Waals surface area contributed by atoms with Crippen molar-refractivity contribution in [3.05, 3.63) is 0 Å². The first kappa shape index (κ1) is 12.9. The molecular formula is C11H24N2O2. The maximum atomic E-state index is 9.08. The second-order valence-corrected chi connectivity index (χ2v) is 4.32. The van der Waals surface area contributed by atoms with Crippen LogP contribution in [0.25, 0.3) is 0 Å². The van der Waals surface area contributed by atoms with Crippen LogP contribution in [0, 0.1) is 0 Å². The first-order chi connectivity index (χ1) is 7.26. The van der Waals surface area contributed by atoms with E-state index >= 15 is 0 Å². The molecule has 1 aliphatic heterocycles. The van der Waals surface area contributed by atoms with E-state index in [4.69, 9.17) is 9.84 Å². The normalized spacial score (nSPS) is 26.2. The molecule has 0 aromatic heterocycles. The van der Waals surface area contributed by atoms with Crippen molar-refractivity contribution in [1.82, 2.24) is 10.6 Å². The van der Waals surface area contributed by atoms with Gasteiger partial charge in [0.25, 0.3) is 0 Å². The number of hydrogen-bond acceptors (Lipinski definition) is 4. The Morgan fingerprint density at radius 2 is 2.40 bits per heavy atom. The van der Waals surface area contributed by atoms with Crippen LogP contribution in [0.15, 0.2) is 0 Å². The fourth-order valence-electron chi connectivity index (χ4n) is 1.97. The van der Waals surface area contributed by atoms with Crippen molar-refractivity contribution < 1.29 is 9.84 Å². The van der Waals surface area contributed by atoms with Gasteiger partial charge in [-0.3, -0.25) is 0 Å². The minimum absolute atomic E-state index is 0.218. The fourth-order valence-corrected chi connectivity index (χ4v) is 1.97. The van der Waals surface area contributed by atoms with E-state index in [2.05, 4.69) is 24.5 Å². The molecule has 0 aromatic carbocycles. The van der Waals surface area contributed by atoms with E-state index in [1.54, 1.807) is 0 Å². The van der Waals surface area contributed by atoms with E-state index in [9.17, 15) is 0 Å². The van der Waals surface area contributed by atoms with Crippen molar-refractivity contribution in [3.63, 3.8) is 0 Å². The van der Waals surface area contributed by atoms with Gasteiger partial charge in [-0.15, -0.1) is 0 Å². The van der Waals surface area contributed by atoms with E-state index in [0.717, 1.165) is 32.6 Å². The molecule has 0 amide bonds. The van der Waals surface area contributed by atoms with Gasteiger partial charge >= 0.3 is 0 Å². The maximum absolute atomic E-state index is 9.08. The standard InChI is InChI=1S/C11H24N2O2/c1-3-10(7-14)13-9(2)6-11-8-15-5-4-12-11/h9-14H,3-8H2,1-2H3. The van der Waals surface area contributed by atoms with Crippen LogP contribution < -0.4 is 10.6 Å². The fraction of sp³-hybridized carbons (Fsp3) is 1.00. The minimum Gasteiger partial charge on any atom is -0.395 e. The number of aliphatic hydroxyl groups is 1. The van der Waals surface area contributed by atoms with Crippen LogP contribution in [0.3, 0.4) is 0 Å². The highest BCUT2D eigenvalue weighted by Gasteiger charge is 2.17. The molecule has 0 aliphatic carbocycles. The molecule has 90 valence electrons. The number of nitrogens with one attached hydrogen (secondary N) is 2. The molecule has 1 saturated heterocycles. The van der Waals surface area contributed by atoms with E-state index in [-0.39, 0.29) is 12.6 Å². The summed E-state index contributed by atoms with van der Waals surface area (Å²) in [4.78, 5) is 0. The molecule has 1 fully saturated rings. The molecule has 0 spiro atoms. The molecule has 1 rings (SSSR count). The maximum Gasteiger partial charge on any atom is 0.0620 e. The summed E-state index contributed by atoms with van der Waals surface area (Å²) in [5, 5.41) is 15.9. The molecule has 0 aromatic rings. The lowest BCUT2D eigenvalue weighted by molar-refractivity contribution is 0.0702. The first-order valence-corrected chi connectivity index (χ1v) is 5.94. The summed E-state index contributed by atoms with van der Waals surface area (Å²) in [6.45, 7) is 7.05. The topological polar surface area (TPSA) is 53.5 Å². The summed E-state index contributed by atoms with van der Waals surface area (Å²) in [7, 11) is 0. The molecule has 15 heavy (non-hydrogen) atoms. The Morgan fingerprint density at radius 3 is 2.93 bits per heavy atom. The highest BCUT2D eigenvalue weighted by atomic mass is 16.5. The smallest absolute Gasteiger partial charge is 0.0620 e. The molecule has 0 saturated carbocycles. The first-order valence-electron chi connectivity index (χ1n) is 5.94. The second kappa shape index (κ2) is 7.17. The van der Waals surface area contributed by atoms with Gasteiger partial charge in [0.1, 0.15) is 0 Å². The van der Waals surface area contributed by atoms with Crippen LogP contribution in [0.5, 0.6) is 0 Å². The lowest BCUT2D eigenvalue weighted by atomic mass is 10.1. The molecule has 3 atom stereocenters. The molecule has 0 radical (unpaired) electrons. The zero-order chi connectivity index (χ0) is 11.1. The third kappa shape index (κ3) is 4.93. The summed E-state index contributed by atoms with van der Waals surface area (Å²) < 4.78 is 5.40. The number of rotatable bonds is 6. The second-order valence-electron chi connectivity index (χ2n) is 4.32. The van der Waals surface area contributed by atoms with Crippen LogP contribution in [0.2, 0.25) is 0 Å². The average Bonchev–Trinajstić information content (AvgIpc) is 2.27. The third-order valence-electron chi connectivity index (χ3n) is 2.87. The Labute approximate surface area is 92.4 Å². The zero-order valence-corrected chi connectivity index (χ0v) is 9.83. The molecule has 3 N–H and O–H groups in total. The molecule has 1 heterocycles. The molecule has 4 nitrogen and oxygen atoms in total. The molecule has 3 unspecified atom stereocenters. The van der Waals surface area contributed by atoms with Gasteiger partial charge in [0, 0.05) is 24.7 Å². The number of aliphatic hydroxyl groups excluding tert-OH is 1. The molecule has 0 bridgehead atoms. The van der Waals surface area contributed by atoms with Crippen LogP contribution in [-0.2, 0) is 4.74 Å². The van der Waals surface area contributed by atoms with Gasteiger partial charge in [0.15, 0.2) is 0 Å². The van der Waals surface area contributed by atoms with Crippen LogP contribution in [0.4, 0.5) is 0 Å². The Kier molecular flexibility index (Phi) is 6.17. The van der Waals surface area contributed by atoms with Crippen LogP contribution >= 0.6 is 0 Å². The van der Waals surface area contributed by atoms with E-state index in [1.165, 1.54) is 0 Å². The highest BCUT2D eigenvalue weighted by molar-refractivity contribution is 4.78. The van der Waals surface area contributed by atoms with E-state index < -0.39 is 0 Å². The summed E-state index contributed by atoms with van der Waals surface area (Å²) >= 11 is 0. The van der Waals surface area contributed by atoms with Gasteiger partial charge in [-0.25, -0.2) is 0 Å². The van der Waals surface area contributed by atoms with Crippen molar-refractivity contribution in [2.45, 2.75) is 44.8 Å². The van der Waals surface area contributed by atoms with Crippen molar-refractivity contribution >= 4 is 0 Å². The highest BCUT2D eigenvalue weighted by Crippen LogP contribution is 2.04. The van der Waals surface area contributed by atoms with Crippen molar-refractivity contribution in [3.8, 4) is 0 Å². The summed E-state index contributed by atoms with van der Waals surface area (Å²) in [5.74, 6) is 0. The Balaban J connectivity index is 2.18. The van der Waals surface area contributed by atoms with Gasteiger partial charge in [-0.05, 0) is 19.8 Å². The Bertz CT molecular complexity index is 157. The molecule has 4 heteroatoms. The van der Waals surface area contributed by atoms with Gasteiger partial charge in [-0.1, -0.05) is 6.92 Å². The van der Waals surface area contributed by atoms with Gasteiger partial charge in [0.2, 0.25) is 0 Å². The number of ether oxygens (including phenoxy) is 1. The van der Waals surface area contributed by atoms with Crippen LogP contribution in [0.1, 0.15) is 26.7 Å².